The Morgan fingerprint density at radius 2 is 2.04 bits per heavy atom. The zero-order valence-electron chi connectivity index (χ0n) is 17.2. The lowest BCUT2D eigenvalue weighted by Crippen LogP contribution is -2.46. The van der Waals surface area contributed by atoms with Crippen LogP contribution >= 0.6 is 35.3 Å². The molecule has 1 unspecified atom stereocenters. The van der Waals surface area contributed by atoms with Gasteiger partial charge in [0.1, 0.15) is 0 Å². The summed E-state index contributed by atoms with van der Waals surface area (Å²) in [6, 6.07) is 4.78. The van der Waals surface area contributed by atoms with Crippen molar-refractivity contribution in [1.29, 1.82) is 0 Å². The highest BCUT2D eigenvalue weighted by Crippen LogP contribution is 2.27. The first-order valence-corrected chi connectivity index (χ1v) is 10.2. The van der Waals surface area contributed by atoms with Crippen LogP contribution in [0.5, 0.6) is 0 Å². The van der Waals surface area contributed by atoms with Crippen LogP contribution in [0, 0.1) is 6.92 Å². The lowest BCUT2D eigenvalue weighted by Gasteiger charge is -2.34. The van der Waals surface area contributed by atoms with E-state index in [9.17, 15) is 0 Å². The maximum atomic E-state index is 5.53. The summed E-state index contributed by atoms with van der Waals surface area (Å²) in [7, 11) is 1.73. The first-order chi connectivity index (χ1) is 12.4. The Bertz CT molecular complexity index is 574. The molecular weight excluding hydrogens is 475 g/mol. The van der Waals surface area contributed by atoms with Crippen LogP contribution in [-0.4, -0.2) is 69.5 Å². The number of aryl methyl sites for hydroxylation is 1. The Kier molecular flexibility index (Phi) is 11.1. The van der Waals surface area contributed by atoms with Crippen molar-refractivity contribution in [3.63, 3.8) is 0 Å². The summed E-state index contributed by atoms with van der Waals surface area (Å²) in [4.78, 5) is 9.95. The van der Waals surface area contributed by atoms with E-state index in [4.69, 9.17) is 14.5 Å². The predicted octanol–water partition coefficient (Wildman–Crippen LogP) is 3.03. The average Bonchev–Trinajstić information content (AvgIpc) is 3.07. The largest absolute Gasteiger partial charge is 0.379 e. The van der Waals surface area contributed by atoms with E-state index in [1.165, 1.54) is 9.75 Å². The van der Waals surface area contributed by atoms with E-state index in [0.29, 0.717) is 12.6 Å². The van der Waals surface area contributed by atoms with E-state index >= 15 is 0 Å². The molecule has 27 heavy (non-hydrogen) atoms. The summed E-state index contributed by atoms with van der Waals surface area (Å²) in [6.07, 6.45) is 0. The topological polar surface area (TPSA) is 58.1 Å². The highest BCUT2D eigenvalue weighted by atomic mass is 127. The molecule has 2 heterocycles. The Morgan fingerprint density at radius 1 is 1.33 bits per heavy atom. The lowest BCUT2D eigenvalue weighted by atomic mass is 10.1. The van der Waals surface area contributed by atoms with Crippen molar-refractivity contribution in [2.45, 2.75) is 39.3 Å². The molecule has 1 aromatic rings. The summed E-state index contributed by atoms with van der Waals surface area (Å²) >= 11 is 1.87. The molecule has 1 fully saturated rings. The molecule has 2 rings (SSSR count). The summed E-state index contributed by atoms with van der Waals surface area (Å²) < 4.78 is 11.0. The van der Waals surface area contributed by atoms with Crippen LogP contribution in [0.1, 0.15) is 36.6 Å². The van der Waals surface area contributed by atoms with E-state index in [0.717, 1.165) is 45.4 Å². The minimum absolute atomic E-state index is 0. The highest BCUT2D eigenvalue weighted by molar-refractivity contribution is 14.0. The SMILES string of the molecule is CCNC(=NCC(C)(C)OC)NCC(c1ccc(C)s1)N1CCOCC1.I. The van der Waals surface area contributed by atoms with Gasteiger partial charge in [-0.25, -0.2) is 0 Å². The van der Waals surface area contributed by atoms with Gasteiger partial charge in [-0.2, -0.15) is 0 Å². The van der Waals surface area contributed by atoms with E-state index in [-0.39, 0.29) is 29.6 Å². The number of hydrogen-bond acceptors (Lipinski definition) is 5. The fourth-order valence-electron chi connectivity index (χ4n) is 2.80. The normalized spacial score (nSPS) is 17.3. The van der Waals surface area contributed by atoms with E-state index in [2.05, 4.69) is 41.5 Å². The third-order valence-electron chi connectivity index (χ3n) is 4.55. The van der Waals surface area contributed by atoms with Gasteiger partial charge in [0, 0.05) is 43.0 Å². The van der Waals surface area contributed by atoms with Crippen LogP contribution < -0.4 is 10.6 Å². The molecule has 1 saturated heterocycles. The number of hydrogen-bond donors (Lipinski definition) is 2. The van der Waals surface area contributed by atoms with Crippen LogP contribution in [0.3, 0.4) is 0 Å². The first kappa shape index (κ1) is 24.6. The number of ether oxygens (including phenoxy) is 2. The molecule has 0 amide bonds. The summed E-state index contributed by atoms with van der Waals surface area (Å²) in [5.41, 5.74) is -0.267. The molecule has 0 aromatic carbocycles. The zero-order chi connectivity index (χ0) is 19.0. The van der Waals surface area contributed by atoms with Gasteiger partial charge in [-0.3, -0.25) is 9.89 Å². The van der Waals surface area contributed by atoms with Crippen LogP contribution in [0.15, 0.2) is 17.1 Å². The van der Waals surface area contributed by atoms with Gasteiger partial charge in [0.2, 0.25) is 0 Å². The molecule has 0 aliphatic carbocycles. The third-order valence-corrected chi connectivity index (χ3v) is 5.66. The Labute approximate surface area is 185 Å². The molecule has 1 aromatic heterocycles. The Balaban J connectivity index is 0.00000364. The first-order valence-electron chi connectivity index (χ1n) is 9.40. The van der Waals surface area contributed by atoms with Crippen molar-refractivity contribution in [1.82, 2.24) is 15.5 Å². The second-order valence-electron chi connectivity index (χ2n) is 7.15. The smallest absolute Gasteiger partial charge is 0.191 e. The van der Waals surface area contributed by atoms with Crippen LogP contribution in [-0.2, 0) is 9.47 Å². The third kappa shape index (κ3) is 8.23. The van der Waals surface area contributed by atoms with Crippen molar-refractivity contribution < 1.29 is 9.47 Å². The Hall–Kier alpha value is -0.420. The number of guanidine groups is 1. The molecule has 1 aliphatic heterocycles. The molecule has 2 N–H and O–H groups in total. The average molecular weight is 510 g/mol. The van der Waals surface area contributed by atoms with E-state index < -0.39 is 0 Å². The summed E-state index contributed by atoms with van der Waals surface area (Å²) in [6.45, 7) is 14.1. The monoisotopic (exact) mass is 510 g/mol. The van der Waals surface area contributed by atoms with Crippen LogP contribution in [0.2, 0.25) is 0 Å². The standard InChI is InChI=1S/C19H34N4O2S.HI/c1-6-20-18(22-14-19(3,4)24-5)21-13-16(17-8-7-15(2)26-17)23-9-11-25-12-10-23;/h7-8,16H,6,9-14H2,1-5H3,(H2,20,21,22);1H. The van der Waals surface area contributed by atoms with Gasteiger partial charge in [-0.05, 0) is 39.8 Å². The zero-order valence-corrected chi connectivity index (χ0v) is 20.4. The molecular formula is C19H35IN4O2S. The maximum absolute atomic E-state index is 5.53. The van der Waals surface area contributed by atoms with Crippen molar-refractivity contribution in [3.05, 3.63) is 21.9 Å². The molecule has 0 saturated carbocycles. The van der Waals surface area contributed by atoms with Crippen molar-refractivity contribution in [3.8, 4) is 0 Å². The molecule has 1 aliphatic rings. The molecule has 156 valence electrons. The van der Waals surface area contributed by atoms with Crippen LogP contribution in [0.25, 0.3) is 0 Å². The van der Waals surface area contributed by atoms with Crippen LogP contribution in [0.4, 0.5) is 0 Å². The quantitative estimate of drug-likeness (QED) is 0.320. The number of rotatable bonds is 8. The second-order valence-corrected chi connectivity index (χ2v) is 8.47. The number of halogens is 1. The van der Waals surface area contributed by atoms with E-state index in [1.807, 2.05) is 25.2 Å². The predicted molar refractivity (Wildman–Crippen MR) is 125 cm³/mol. The number of methoxy groups -OCH3 is 1. The van der Waals surface area contributed by atoms with Gasteiger partial charge < -0.3 is 20.1 Å². The Morgan fingerprint density at radius 3 is 2.59 bits per heavy atom. The second kappa shape index (κ2) is 12.2. The molecule has 1 atom stereocenters. The minimum atomic E-state index is -0.267. The number of nitrogens with zero attached hydrogens (tertiary/aromatic N) is 2. The van der Waals surface area contributed by atoms with Gasteiger partial charge >= 0.3 is 0 Å². The van der Waals surface area contributed by atoms with Gasteiger partial charge in [-0.15, -0.1) is 35.3 Å². The van der Waals surface area contributed by atoms with Gasteiger partial charge in [0.05, 0.1) is 31.4 Å². The van der Waals surface area contributed by atoms with Crippen molar-refractivity contribution in [2.24, 2.45) is 4.99 Å². The fraction of sp³-hybridized carbons (Fsp3) is 0.737. The number of thiophene rings is 1. The van der Waals surface area contributed by atoms with Crippen molar-refractivity contribution in [2.75, 3.05) is 53.0 Å². The minimum Gasteiger partial charge on any atom is -0.379 e. The molecule has 0 radical (unpaired) electrons. The molecule has 6 nitrogen and oxygen atoms in total. The van der Waals surface area contributed by atoms with Gasteiger partial charge in [0.15, 0.2) is 5.96 Å². The molecule has 0 bridgehead atoms. The van der Waals surface area contributed by atoms with E-state index in [1.54, 1.807) is 7.11 Å². The summed E-state index contributed by atoms with van der Waals surface area (Å²) in [5, 5.41) is 6.87. The van der Waals surface area contributed by atoms with Gasteiger partial charge in [-0.1, -0.05) is 0 Å². The summed E-state index contributed by atoms with van der Waals surface area (Å²) in [5.74, 6) is 0.837. The molecule has 8 heteroatoms. The van der Waals surface area contributed by atoms with Gasteiger partial charge in [0.25, 0.3) is 0 Å². The lowest BCUT2D eigenvalue weighted by molar-refractivity contribution is 0.0176. The molecule has 0 spiro atoms. The number of nitrogens with one attached hydrogen (secondary N) is 2. The van der Waals surface area contributed by atoms with Crippen molar-refractivity contribution >= 4 is 41.3 Å². The number of aliphatic imine (C=N–C) groups is 1. The highest BCUT2D eigenvalue weighted by Gasteiger charge is 2.24. The fourth-order valence-corrected chi connectivity index (χ4v) is 3.81. The number of morpholine rings is 1. The maximum Gasteiger partial charge on any atom is 0.191 e.